The average molecular weight is 385 g/mol. The Balaban J connectivity index is 1.76. The quantitative estimate of drug-likeness (QED) is 0.531. The van der Waals surface area contributed by atoms with Crippen molar-refractivity contribution < 1.29 is 18.8 Å². The molecule has 0 radical (unpaired) electrons. The fraction of sp³-hybridized carbons (Fsp3) is 0.333. The van der Waals surface area contributed by atoms with Crippen molar-refractivity contribution in [1.29, 1.82) is 0 Å². The van der Waals surface area contributed by atoms with Crippen LogP contribution >= 0.6 is 0 Å². The molecule has 7 heteroatoms. The highest BCUT2D eigenvalue weighted by molar-refractivity contribution is 5.88. The van der Waals surface area contributed by atoms with E-state index in [0.717, 1.165) is 5.56 Å². The predicted molar refractivity (Wildman–Crippen MR) is 100 cm³/mol. The van der Waals surface area contributed by atoms with Crippen LogP contribution < -0.4 is 5.48 Å². The summed E-state index contributed by atoms with van der Waals surface area (Å²) in [7, 11) is 1.68. The third-order valence-electron chi connectivity index (χ3n) is 6.14. The van der Waals surface area contributed by atoms with Gasteiger partial charge in [0.1, 0.15) is 5.82 Å². The van der Waals surface area contributed by atoms with Gasteiger partial charge in [-0.2, -0.15) is 4.39 Å². The van der Waals surface area contributed by atoms with Crippen LogP contribution in [0.5, 0.6) is 0 Å². The smallest absolute Gasteiger partial charge is 0.254 e. The Bertz CT molecular complexity index is 1080. The van der Waals surface area contributed by atoms with E-state index in [4.69, 9.17) is 0 Å². The number of nitrogens with zero attached hydrogens (tertiary/aromatic N) is 2. The number of hydrogen-bond donors (Lipinski definition) is 2. The monoisotopic (exact) mass is 385 g/mol. The van der Waals surface area contributed by atoms with Crippen LogP contribution in [0.25, 0.3) is 10.9 Å². The number of amides is 1. The van der Waals surface area contributed by atoms with E-state index in [1.165, 1.54) is 10.7 Å². The van der Waals surface area contributed by atoms with E-state index in [9.17, 15) is 18.8 Å². The van der Waals surface area contributed by atoms with Crippen molar-refractivity contribution in [3.63, 3.8) is 0 Å². The minimum atomic E-state index is -1.02. The Morgan fingerprint density at radius 3 is 2.86 bits per heavy atom. The van der Waals surface area contributed by atoms with Crippen LogP contribution in [0.2, 0.25) is 0 Å². The summed E-state index contributed by atoms with van der Waals surface area (Å²) in [5, 5.41) is 13.6. The number of nitrogens with one attached hydrogen (secondary N) is 1. The third-order valence-corrected chi connectivity index (χ3v) is 6.14. The first-order valence-corrected chi connectivity index (χ1v) is 9.19. The van der Waals surface area contributed by atoms with Gasteiger partial charge >= 0.3 is 0 Å². The number of rotatable bonds is 3. The number of halogens is 2. The third kappa shape index (κ3) is 2.69. The maximum Gasteiger partial charge on any atom is 0.254 e. The van der Waals surface area contributed by atoms with Crippen molar-refractivity contribution in [3.05, 3.63) is 64.9 Å². The molecule has 1 aromatic heterocycles. The van der Waals surface area contributed by atoms with E-state index in [1.54, 1.807) is 37.7 Å². The highest BCUT2D eigenvalue weighted by atomic mass is 19.1. The van der Waals surface area contributed by atoms with Gasteiger partial charge in [-0.1, -0.05) is 18.2 Å². The maximum absolute atomic E-state index is 14.2. The van der Waals surface area contributed by atoms with E-state index in [-0.39, 0.29) is 11.7 Å². The van der Waals surface area contributed by atoms with Gasteiger partial charge in [0, 0.05) is 7.05 Å². The second-order valence-corrected chi connectivity index (χ2v) is 7.57. The molecule has 0 aliphatic heterocycles. The van der Waals surface area contributed by atoms with Crippen LogP contribution in [-0.4, -0.2) is 20.9 Å². The first-order chi connectivity index (χ1) is 13.4. The first kappa shape index (κ1) is 18.6. The lowest BCUT2D eigenvalue weighted by Gasteiger charge is -2.29. The van der Waals surface area contributed by atoms with Gasteiger partial charge in [0.25, 0.3) is 5.91 Å². The minimum Gasteiger partial charge on any atom is -0.289 e. The number of aromatic nitrogens is 2. The largest absolute Gasteiger partial charge is 0.289 e. The number of aryl methyl sites for hydroxylation is 1. The zero-order chi connectivity index (χ0) is 20.1. The number of fused-ring (bicyclic) bond motifs is 1. The molecule has 0 spiro atoms. The normalized spacial score (nSPS) is 22.0. The van der Waals surface area contributed by atoms with Gasteiger partial charge < -0.3 is 0 Å². The molecule has 28 heavy (non-hydrogen) atoms. The highest BCUT2D eigenvalue weighted by Crippen LogP contribution is 2.50. The summed E-state index contributed by atoms with van der Waals surface area (Å²) in [6.07, 6.45) is 1.59. The number of hydrogen-bond acceptors (Lipinski definition) is 3. The van der Waals surface area contributed by atoms with Crippen molar-refractivity contribution in [3.8, 4) is 0 Å². The molecule has 2 N–H and O–H groups in total. The van der Waals surface area contributed by atoms with Gasteiger partial charge in [0.2, 0.25) is 5.95 Å². The number of hydroxylamine groups is 1. The zero-order valence-corrected chi connectivity index (χ0v) is 15.7. The molecular formula is C21H21F2N3O2. The molecule has 4 rings (SSSR count). The Kier molecular flexibility index (Phi) is 4.42. The second kappa shape index (κ2) is 6.67. The molecule has 1 amide bonds. The maximum atomic E-state index is 14.2. The van der Waals surface area contributed by atoms with Crippen molar-refractivity contribution in [2.75, 3.05) is 0 Å². The molecule has 2 aromatic carbocycles. The van der Waals surface area contributed by atoms with Crippen LogP contribution in [0.4, 0.5) is 8.78 Å². The van der Waals surface area contributed by atoms with Crippen molar-refractivity contribution in [2.45, 2.75) is 37.5 Å². The molecule has 1 aliphatic rings. The lowest BCUT2D eigenvalue weighted by Crippen LogP contribution is -2.42. The minimum absolute atomic E-state index is 0.0160. The molecule has 1 aliphatic carbocycles. The van der Waals surface area contributed by atoms with Gasteiger partial charge in [-0.3, -0.25) is 14.7 Å². The molecule has 5 nitrogen and oxygen atoms in total. The van der Waals surface area contributed by atoms with E-state index >= 15 is 0 Å². The van der Waals surface area contributed by atoms with Gasteiger partial charge in [0.05, 0.1) is 16.3 Å². The van der Waals surface area contributed by atoms with Crippen LogP contribution in [0, 0.1) is 18.7 Å². The molecule has 2 atom stereocenters. The summed E-state index contributed by atoms with van der Waals surface area (Å²) in [4.78, 5) is 12.7. The van der Waals surface area contributed by atoms with E-state index < -0.39 is 17.3 Å². The molecule has 2 unspecified atom stereocenters. The Labute approximate surface area is 160 Å². The summed E-state index contributed by atoms with van der Waals surface area (Å²) < 4.78 is 29.5. The van der Waals surface area contributed by atoms with Gasteiger partial charge in [-0.25, -0.2) is 9.87 Å². The van der Waals surface area contributed by atoms with Crippen molar-refractivity contribution in [1.82, 2.24) is 15.3 Å². The van der Waals surface area contributed by atoms with E-state index in [1.807, 2.05) is 12.1 Å². The van der Waals surface area contributed by atoms with Gasteiger partial charge in [-0.05, 0) is 67.0 Å². The molecule has 146 valence electrons. The fourth-order valence-corrected chi connectivity index (χ4v) is 4.62. The van der Waals surface area contributed by atoms with Crippen LogP contribution in [0.3, 0.4) is 0 Å². The summed E-state index contributed by atoms with van der Waals surface area (Å²) in [5.74, 6) is -1.41. The topological polar surface area (TPSA) is 67.2 Å². The van der Waals surface area contributed by atoms with E-state index in [2.05, 4.69) is 5.10 Å². The first-order valence-electron chi connectivity index (χ1n) is 9.19. The Hall–Kier alpha value is -2.80. The van der Waals surface area contributed by atoms with Crippen molar-refractivity contribution >= 4 is 16.8 Å². The summed E-state index contributed by atoms with van der Waals surface area (Å²) in [5.41, 5.74) is 3.42. The molecule has 1 fully saturated rings. The fourth-order valence-electron chi connectivity index (χ4n) is 4.62. The SMILES string of the molecule is Cc1c(F)cccc1C1(C(=O)NO)CCC(c2ccc3c(F)nn(C)c3c2)C1. The Morgan fingerprint density at radius 2 is 2.11 bits per heavy atom. The number of benzene rings is 2. The van der Waals surface area contributed by atoms with Gasteiger partial charge in [-0.15, -0.1) is 5.10 Å². The molecular weight excluding hydrogens is 364 g/mol. The molecule has 1 heterocycles. The molecule has 0 saturated heterocycles. The highest BCUT2D eigenvalue weighted by Gasteiger charge is 2.48. The second-order valence-electron chi connectivity index (χ2n) is 7.57. The average Bonchev–Trinajstić information content (AvgIpc) is 3.26. The summed E-state index contributed by atoms with van der Waals surface area (Å²) in [6.45, 7) is 1.65. The molecule has 0 bridgehead atoms. The van der Waals surface area contributed by atoms with Crippen LogP contribution in [0.15, 0.2) is 36.4 Å². The van der Waals surface area contributed by atoms with E-state index in [0.29, 0.717) is 41.3 Å². The summed E-state index contributed by atoms with van der Waals surface area (Å²) in [6, 6.07) is 10.1. The lowest BCUT2D eigenvalue weighted by atomic mass is 9.75. The molecule has 1 saturated carbocycles. The lowest BCUT2D eigenvalue weighted by molar-refractivity contribution is -0.135. The number of carbonyl (C=O) groups excluding carboxylic acids is 1. The Morgan fingerprint density at radius 1 is 1.32 bits per heavy atom. The molecule has 3 aromatic rings. The van der Waals surface area contributed by atoms with Crippen molar-refractivity contribution in [2.24, 2.45) is 7.05 Å². The van der Waals surface area contributed by atoms with Crippen LogP contribution in [0.1, 0.15) is 41.9 Å². The summed E-state index contributed by atoms with van der Waals surface area (Å²) >= 11 is 0. The van der Waals surface area contributed by atoms with Crippen LogP contribution in [-0.2, 0) is 17.3 Å². The number of carbonyl (C=O) groups is 1. The zero-order valence-electron chi connectivity index (χ0n) is 15.7. The van der Waals surface area contributed by atoms with Gasteiger partial charge in [0.15, 0.2) is 0 Å². The predicted octanol–water partition coefficient (Wildman–Crippen LogP) is 3.87. The standard InChI is InChI=1S/C21H21F2N3O2/c1-12-16(4-3-5-17(12)22)21(20(27)25-28)9-8-14(11-21)13-6-7-15-18(10-13)26(2)24-19(15)23/h3-7,10,14,28H,8-9,11H2,1-2H3,(H,25,27).